The number of urea groups is 1. The number of amides is 2. The van der Waals surface area contributed by atoms with E-state index in [9.17, 15) is 9.59 Å². The molecule has 122 valence electrons. The van der Waals surface area contributed by atoms with Crippen LogP contribution in [0.5, 0.6) is 11.5 Å². The molecule has 0 heterocycles. The number of anilines is 1. The Morgan fingerprint density at radius 1 is 1.14 bits per heavy atom. The van der Waals surface area contributed by atoms with E-state index in [1.807, 2.05) is 6.92 Å². The van der Waals surface area contributed by atoms with Gasteiger partial charge in [0.2, 0.25) is 0 Å². The van der Waals surface area contributed by atoms with Gasteiger partial charge < -0.3 is 24.8 Å². The molecular formula is C15H22N2O5. The van der Waals surface area contributed by atoms with Crippen LogP contribution >= 0.6 is 0 Å². The zero-order chi connectivity index (χ0) is 16.5. The Kier molecular flexibility index (Phi) is 7.01. The Morgan fingerprint density at radius 2 is 1.82 bits per heavy atom. The largest absolute Gasteiger partial charge is 0.493 e. The normalized spacial score (nSPS) is 11.3. The van der Waals surface area contributed by atoms with Crippen LogP contribution in [-0.2, 0) is 9.53 Å². The highest BCUT2D eigenvalue weighted by molar-refractivity contribution is 5.90. The number of hydrogen-bond acceptors (Lipinski definition) is 5. The second-order valence-electron chi connectivity index (χ2n) is 4.55. The Bertz CT molecular complexity index is 519. The minimum absolute atomic E-state index is 0.131. The molecule has 0 saturated carbocycles. The van der Waals surface area contributed by atoms with Crippen LogP contribution in [0.2, 0.25) is 0 Å². The molecule has 1 aromatic rings. The van der Waals surface area contributed by atoms with Gasteiger partial charge in [-0.25, -0.2) is 4.79 Å². The van der Waals surface area contributed by atoms with Crippen molar-refractivity contribution < 1.29 is 23.8 Å². The highest BCUT2D eigenvalue weighted by atomic mass is 16.5. The molecule has 0 radical (unpaired) electrons. The number of benzene rings is 1. The average molecular weight is 310 g/mol. The number of hydrogen-bond donors (Lipinski definition) is 2. The van der Waals surface area contributed by atoms with Gasteiger partial charge in [-0.3, -0.25) is 4.79 Å². The van der Waals surface area contributed by atoms with Gasteiger partial charge in [0.25, 0.3) is 0 Å². The molecule has 0 aliphatic carbocycles. The van der Waals surface area contributed by atoms with E-state index in [0.29, 0.717) is 23.6 Å². The highest BCUT2D eigenvalue weighted by Crippen LogP contribution is 2.29. The van der Waals surface area contributed by atoms with E-state index in [1.165, 1.54) is 21.3 Å². The molecule has 7 heteroatoms. The Hall–Kier alpha value is -2.44. The quantitative estimate of drug-likeness (QED) is 0.754. The van der Waals surface area contributed by atoms with Crippen molar-refractivity contribution in [3.05, 3.63) is 18.2 Å². The molecule has 1 atom stereocenters. The smallest absolute Gasteiger partial charge is 0.319 e. The molecule has 22 heavy (non-hydrogen) atoms. The third-order valence-corrected chi connectivity index (χ3v) is 3.11. The maximum absolute atomic E-state index is 12.0. The summed E-state index contributed by atoms with van der Waals surface area (Å²) in [5.74, 6) is 0.728. The second-order valence-corrected chi connectivity index (χ2v) is 4.55. The van der Waals surface area contributed by atoms with Crippen molar-refractivity contribution in [1.29, 1.82) is 0 Å². The predicted octanol–water partition coefficient (Wildman–Crippen LogP) is 2.17. The number of nitrogens with one attached hydrogen (secondary N) is 2. The maximum Gasteiger partial charge on any atom is 0.319 e. The lowest BCUT2D eigenvalue weighted by Gasteiger charge is -2.17. The summed E-state index contributed by atoms with van der Waals surface area (Å²) in [6, 6.07) is 4.36. The summed E-state index contributed by atoms with van der Waals surface area (Å²) in [6.45, 7) is 1.88. The minimum atomic E-state index is -0.400. The van der Waals surface area contributed by atoms with Gasteiger partial charge in [-0.1, -0.05) is 6.92 Å². The van der Waals surface area contributed by atoms with E-state index >= 15 is 0 Å². The zero-order valence-corrected chi connectivity index (χ0v) is 13.3. The number of carbonyl (C=O) groups excluding carboxylic acids is 2. The van der Waals surface area contributed by atoms with Crippen LogP contribution in [0.4, 0.5) is 10.5 Å². The summed E-state index contributed by atoms with van der Waals surface area (Å²) < 4.78 is 14.9. The van der Waals surface area contributed by atoms with Crippen LogP contribution in [0.3, 0.4) is 0 Å². The fourth-order valence-electron chi connectivity index (χ4n) is 1.85. The molecule has 2 amide bonds. The van der Waals surface area contributed by atoms with Gasteiger partial charge in [0, 0.05) is 17.8 Å². The number of rotatable bonds is 7. The van der Waals surface area contributed by atoms with E-state index in [-0.39, 0.29) is 18.4 Å². The van der Waals surface area contributed by atoms with Crippen molar-refractivity contribution in [2.75, 3.05) is 26.6 Å². The van der Waals surface area contributed by atoms with Crippen molar-refractivity contribution in [2.24, 2.45) is 0 Å². The van der Waals surface area contributed by atoms with Gasteiger partial charge in [-0.05, 0) is 18.6 Å². The van der Waals surface area contributed by atoms with Gasteiger partial charge in [-0.15, -0.1) is 0 Å². The lowest BCUT2D eigenvalue weighted by molar-refractivity contribution is -0.141. The topological polar surface area (TPSA) is 85.9 Å². The summed E-state index contributed by atoms with van der Waals surface area (Å²) in [6.07, 6.45) is 0.751. The molecule has 0 bridgehead atoms. The van der Waals surface area contributed by atoms with E-state index in [1.54, 1.807) is 18.2 Å². The first-order valence-corrected chi connectivity index (χ1v) is 6.90. The number of methoxy groups -OCH3 is 3. The van der Waals surface area contributed by atoms with E-state index in [2.05, 4.69) is 15.4 Å². The molecule has 0 spiro atoms. The molecule has 0 aliphatic heterocycles. The molecule has 0 aromatic heterocycles. The molecular weight excluding hydrogens is 288 g/mol. The molecule has 1 rings (SSSR count). The van der Waals surface area contributed by atoms with Crippen LogP contribution in [0, 0.1) is 0 Å². The van der Waals surface area contributed by atoms with Crippen molar-refractivity contribution in [3.8, 4) is 11.5 Å². The maximum atomic E-state index is 12.0. The van der Waals surface area contributed by atoms with Crippen molar-refractivity contribution in [2.45, 2.75) is 25.8 Å². The van der Waals surface area contributed by atoms with Crippen molar-refractivity contribution >= 4 is 17.7 Å². The Balaban J connectivity index is 2.66. The van der Waals surface area contributed by atoms with E-state index in [4.69, 9.17) is 9.47 Å². The molecule has 1 unspecified atom stereocenters. The molecule has 1 aromatic carbocycles. The zero-order valence-electron chi connectivity index (χ0n) is 13.3. The third-order valence-electron chi connectivity index (χ3n) is 3.11. The Labute approximate surface area is 129 Å². The van der Waals surface area contributed by atoms with Crippen LogP contribution in [0.25, 0.3) is 0 Å². The highest BCUT2D eigenvalue weighted by Gasteiger charge is 2.15. The van der Waals surface area contributed by atoms with Crippen LogP contribution < -0.4 is 20.1 Å². The van der Waals surface area contributed by atoms with Gasteiger partial charge in [-0.2, -0.15) is 0 Å². The fraction of sp³-hybridized carbons (Fsp3) is 0.467. The van der Waals surface area contributed by atoms with Gasteiger partial charge in [0.1, 0.15) is 0 Å². The average Bonchev–Trinajstić information content (AvgIpc) is 2.53. The predicted molar refractivity (Wildman–Crippen MR) is 82.4 cm³/mol. The van der Waals surface area contributed by atoms with E-state index < -0.39 is 6.03 Å². The summed E-state index contributed by atoms with van der Waals surface area (Å²) in [4.78, 5) is 23.2. The van der Waals surface area contributed by atoms with Crippen LogP contribution in [0.1, 0.15) is 19.8 Å². The first-order valence-electron chi connectivity index (χ1n) is 6.90. The minimum Gasteiger partial charge on any atom is -0.493 e. The number of carbonyl (C=O) groups is 2. The summed E-state index contributed by atoms with van der Waals surface area (Å²) in [7, 11) is 4.38. The summed E-state index contributed by atoms with van der Waals surface area (Å²) in [5.41, 5.74) is 0.558. The van der Waals surface area contributed by atoms with Crippen LogP contribution in [-0.4, -0.2) is 39.4 Å². The van der Waals surface area contributed by atoms with Crippen molar-refractivity contribution in [3.63, 3.8) is 0 Å². The summed E-state index contributed by atoms with van der Waals surface area (Å²) in [5, 5.41) is 5.41. The lowest BCUT2D eigenvalue weighted by atomic mass is 10.1. The Morgan fingerprint density at radius 3 is 2.36 bits per heavy atom. The third kappa shape index (κ3) is 5.16. The molecule has 2 N–H and O–H groups in total. The lowest BCUT2D eigenvalue weighted by Crippen LogP contribution is -2.39. The molecule has 0 fully saturated rings. The number of esters is 1. The van der Waals surface area contributed by atoms with Gasteiger partial charge in [0.05, 0.1) is 27.8 Å². The number of ether oxygens (including phenoxy) is 3. The monoisotopic (exact) mass is 310 g/mol. The molecule has 0 saturated heterocycles. The van der Waals surface area contributed by atoms with Gasteiger partial charge >= 0.3 is 12.0 Å². The van der Waals surface area contributed by atoms with Crippen molar-refractivity contribution in [1.82, 2.24) is 5.32 Å². The first-order chi connectivity index (χ1) is 10.5. The fourth-order valence-corrected chi connectivity index (χ4v) is 1.85. The van der Waals surface area contributed by atoms with Gasteiger partial charge in [0.15, 0.2) is 11.5 Å². The SMILES string of the molecule is CCC(CC(=O)OC)NC(=O)Nc1ccc(OC)c(OC)c1. The van der Waals surface area contributed by atoms with Crippen LogP contribution in [0.15, 0.2) is 18.2 Å². The molecule has 0 aliphatic rings. The second kappa shape index (κ2) is 8.76. The summed E-state index contributed by atoms with van der Waals surface area (Å²) >= 11 is 0. The standard InChI is InChI=1S/C15H22N2O5/c1-5-10(9-14(18)22-4)16-15(19)17-11-6-7-12(20-2)13(8-11)21-3/h6-8,10H,5,9H2,1-4H3,(H2,16,17,19). The first kappa shape index (κ1) is 17.6. The van der Waals surface area contributed by atoms with E-state index in [0.717, 1.165) is 0 Å². The molecule has 7 nitrogen and oxygen atoms in total.